The molecule has 0 radical (unpaired) electrons. The van der Waals surface area contributed by atoms with E-state index in [2.05, 4.69) is 28.1 Å². The largest absolute Gasteiger partial charge is 0.361 e. The van der Waals surface area contributed by atoms with E-state index in [1.807, 2.05) is 37.3 Å². The molecule has 1 aromatic heterocycles. The summed E-state index contributed by atoms with van der Waals surface area (Å²) in [6.07, 6.45) is 6.93. The number of piperazine rings is 1. The zero-order valence-electron chi connectivity index (χ0n) is 17.0. The van der Waals surface area contributed by atoms with Crippen LogP contribution in [0.2, 0.25) is 0 Å². The lowest BCUT2D eigenvalue weighted by Gasteiger charge is -2.57. The lowest BCUT2D eigenvalue weighted by molar-refractivity contribution is -0.133. The Bertz CT molecular complexity index is 977. The minimum atomic E-state index is 0.175. The van der Waals surface area contributed by atoms with Gasteiger partial charge in [-0.15, -0.1) is 0 Å². The van der Waals surface area contributed by atoms with E-state index in [1.54, 1.807) is 4.90 Å². The van der Waals surface area contributed by atoms with E-state index in [0.29, 0.717) is 24.9 Å². The van der Waals surface area contributed by atoms with Gasteiger partial charge in [0.1, 0.15) is 0 Å². The number of rotatable bonds is 3. The number of hydrogen-bond acceptors (Lipinski definition) is 4. The van der Waals surface area contributed by atoms with Gasteiger partial charge in [-0.3, -0.25) is 14.6 Å². The first-order valence-corrected chi connectivity index (χ1v) is 10.5. The zero-order valence-corrected chi connectivity index (χ0v) is 17.0. The van der Waals surface area contributed by atoms with E-state index in [4.69, 9.17) is 0 Å². The number of aromatic nitrogens is 1. The number of anilines is 2. The predicted octanol–water partition coefficient (Wildman–Crippen LogP) is 2.86. The summed E-state index contributed by atoms with van der Waals surface area (Å²) in [7, 11) is 1.84. The van der Waals surface area contributed by atoms with Crippen molar-refractivity contribution in [2.24, 2.45) is 0 Å². The number of fused-ring (bicyclic) bond motifs is 3. The van der Waals surface area contributed by atoms with Crippen molar-refractivity contribution in [1.29, 1.82) is 0 Å². The highest BCUT2D eigenvalue weighted by atomic mass is 16.2. The Labute approximate surface area is 171 Å². The van der Waals surface area contributed by atoms with Crippen molar-refractivity contribution in [2.45, 2.75) is 44.7 Å². The first kappa shape index (κ1) is 18.2. The van der Waals surface area contributed by atoms with Gasteiger partial charge in [0, 0.05) is 62.5 Å². The molecule has 1 aromatic carbocycles. The lowest BCUT2D eigenvalue weighted by Crippen LogP contribution is -2.69. The molecular formula is C23H26N4O2. The van der Waals surface area contributed by atoms with E-state index in [-0.39, 0.29) is 11.8 Å². The van der Waals surface area contributed by atoms with Gasteiger partial charge in [-0.25, -0.2) is 0 Å². The minimum absolute atomic E-state index is 0.175. The maximum Gasteiger partial charge on any atom is 0.227 e. The van der Waals surface area contributed by atoms with Gasteiger partial charge in [-0.2, -0.15) is 0 Å². The van der Waals surface area contributed by atoms with E-state index in [9.17, 15) is 9.59 Å². The third-order valence-corrected chi connectivity index (χ3v) is 6.63. The normalized spacial score (nSPS) is 23.0. The Kier molecular flexibility index (Phi) is 4.30. The number of pyridine rings is 1. The Morgan fingerprint density at radius 2 is 1.90 bits per heavy atom. The Morgan fingerprint density at radius 3 is 2.66 bits per heavy atom. The summed E-state index contributed by atoms with van der Waals surface area (Å²) < 4.78 is 0. The maximum atomic E-state index is 12.0. The van der Waals surface area contributed by atoms with Crippen LogP contribution < -0.4 is 9.80 Å². The molecule has 0 saturated carbocycles. The molecule has 3 fully saturated rings. The molecule has 2 atom stereocenters. The van der Waals surface area contributed by atoms with Crippen molar-refractivity contribution in [3.05, 3.63) is 42.2 Å². The van der Waals surface area contributed by atoms with E-state index in [1.165, 1.54) is 5.56 Å². The smallest absolute Gasteiger partial charge is 0.227 e. The molecule has 2 amide bonds. The number of aryl methyl sites for hydroxylation is 1. The first-order chi connectivity index (χ1) is 14.0. The van der Waals surface area contributed by atoms with Crippen LogP contribution in [0.3, 0.4) is 0 Å². The molecule has 3 saturated heterocycles. The highest BCUT2D eigenvalue weighted by molar-refractivity contribution is 5.96. The van der Waals surface area contributed by atoms with Gasteiger partial charge in [0.05, 0.1) is 11.9 Å². The van der Waals surface area contributed by atoms with Gasteiger partial charge in [0.15, 0.2) is 0 Å². The van der Waals surface area contributed by atoms with Crippen LogP contribution >= 0.6 is 0 Å². The Balaban J connectivity index is 1.39. The molecular weight excluding hydrogens is 364 g/mol. The van der Waals surface area contributed by atoms with E-state index in [0.717, 1.165) is 48.4 Å². The molecule has 4 aliphatic rings. The number of nitrogens with zero attached hydrogens (tertiary/aromatic N) is 4. The molecule has 29 heavy (non-hydrogen) atoms. The predicted molar refractivity (Wildman–Crippen MR) is 113 cm³/mol. The second-order valence-electron chi connectivity index (χ2n) is 8.33. The van der Waals surface area contributed by atoms with Crippen LogP contribution in [-0.2, 0) is 16.0 Å². The van der Waals surface area contributed by atoms with Gasteiger partial charge in [-0.05, 0) is 42.2 Å². The second kappa shape index (κ2) is 6.87. The highest BCUT2D eigenvalue weighted by Gasteiger charge is 2.45. The van der Waals surface area contributed by atoms with Crippen LogP contribution in [0.5, 0.6) is 0 Å². The van der Waals surface area contributed by atoms with Crippen LogP contribution in [0.25, 0.3) is 11.1 Å². The fourth-order valence-electron chi connectivity index (χ4n) is 5.02. The summed E-state index contributed by atoms with van der Waals surface area (Å²) in [5, 5.41) is 0. The number of carbonyl (C=O) groups is 2. The summed E-state index contributed by atoms with van der Waals surface area (Å²) in [4.78, 5) is 34.7. The molecule has 2 aromatic rings. The molecule has 5 heterocycles. The standard InChI is InChI=1S/C23H26N4O2/c1-3-22(28)26-13-19-10-20(14-26)27(19)18-9-17(11-24-12-18)15-4-6-21-16(8-15)5-7-23(29)25(21)2/h4,6,8-9,11-12,19-20H,3,5,7,10,13-14H2,1-2H3. The van der Waals surface area contributed by atoms with Crippen molar-refractivity contribution >= 4 is 23.2 Å². The van der Waals surface area contributed by atoms with Gasteiger partial charge in [0.25, 0.3) is 0 Å². The van der Waals surface area contributed by atoms with Crippen LogP contribution in [0, 0.1) is 0 Å². The average molecular weight is 390 g/mol. The van der Waals surface area contributed by atoms with Crippen LogP contribution in [0.4, 0.5) is 11.4 Å². The number of hydrogen-bond donors (Lipinski definition) is 0. The topological polar surface area (TPSA) is 56.8 Å². The number of benzene rings is 1. The monoisotopic (exact) mass is 390 g/mol. The van der Waals surface area contributed by atoms with Gasteiger partial charge in [-0.1, -0.05) is 13.0 Å². The third kappa shape index (κ3) is 2.98. The molecule has 0 aliphatic carbocycles. The fourth-order valence-corrected chi connectivity index (χ4v) is 5.02. The van der Waals surface area contributed by atoms with Crippen LogP contribution in [-0.4, -0.2) is 53.9 Å². The molecule has 6 nitrogen and oxygen atoms in total. The van der Waals surface area contributed by atoms with E-state index >= 15 is 0 Å². The first-order valence-electron chi connectivity index (χ1n) is 10.5. The molecule has 2 unspecified atom stereocenters. The zero-order chi connectivity index (χ0) is 20.1. The number of carbonyl (C=O) groups excluding carboxylic acids is 2. The molecule has 0 N–H and O–H groups in total. The summed E-state index contributed by atoms with van der Waals surface area (Å²) in [5.41, 5.74) is 5.58. The highest BCUT2D eigenvalue weighted by Crippen LogP contribution is 2.39. The van der Waals surface area contributed by atoms with Crippen molar-refractivity contribution in [3.8, 4) is 11.1 Å². The number of amides is 2. The summed E-state index contributed by atoms with van der Waals surface area (Å²) >= 11 is 0. The van der Waals surface area contributed by atoms with Crippen molar-refractivity contribution in [2.75, 3.05) is 29.9 Å². The Morgan fingerprint density at radius 1 is 1.10 bits per heavy atom. The summed E-state index contributed by atoms with van der Waals surface area (Å²) in [6.45, 7) is 3.55. The maximum absolute atomic E-state index is 12.0. The molecule has 6 rings (SSSR count). The number of piperidine rings is 1. The Hall–Kier alpha value is -2.89. The van der Waals surface area contributed by atoms with Crippen LogP contribution in [0.1, 0.15) is 31.7 Å². The van der Waals surface area contributed by atoms with Gasteiger partial charge in [0.2, 0.25) is 11.8 Å². The van der Waals surface area contributed by atoms with Crippen molar-refractivity contribution in [3.63, 3.8) is 0 Å². The van der Waals surface area contributed by atoms with E-state index < -0.39 is 0 Å². The van der Waals surface area contributed by atoms with Crippen molar-refractivity contribution < 1.29 is 9.59 Å². The van der Waals surface area contributed by atoms with Gasteiger partial charge < -0.3 is 14.7 Å². The quantitative estimate of drug-likeness (QED) is 0.809. The SMILES string of the molecule is CCC(=O)N1CC2CC(C1)N2c1cncc(-c2ccc3c(c2)CCC(=O)N3C)c1. The molecule has 0 spiro atoms. The molecule has 6 heteroatoms. The lowest BCUT2D eigenvalue weighted by atomic mass is 9.86. The average Bonchev–Trinajstić information content (AvgIpc) is 2.75. The van der Waals surface area contributed by atoms with Crippen LogP contribution in [0.15, 0.2) is 36.7 Å². The molecule has 150 valence electrons. The third-order valence-electron chi connectivity index (χ3n) is 6.63. The summed E-state index contributed by atoms with van der Waals surface area (Å²) in [5.74, 6) is 0.428. The molecule has 4 aliphatic heterocycles. The summed E-state index contributed by atoms with van der Waals surface area (Å²) in [6, 6.07) is 9.31. The second-order valence-corrected chi connectivity index (χ2v) is 8.33. The molecule has 2 bridgehead atoms. The van der Waals surface area contributed by atoms with Gasteiger partial charge >= 0.3 is 0 Å². The fraction of sp³-hybridized carbons (Fsp3) is 0.435. The van der Waals surface area contributed by atoms with Crippen molar-refractivity contribution in [1.82, 2.24) is 9.88 Å². The minimum Gasteiger partial charge on any atom is -0.361 e.